The molecule has 1 aromatic rings. The third-order valence-corrected chi connectivity index (χ3v) is 2.29. The Kier molecular flexibility index (Phi) is 4.56. The molecule has 1 rings (SSSR count). The maximum atomic E-state index is 6.05. The van der Waals surface area contributed by atoms with Crippen LogP contribution < -0.4 is 5.73 Å². The van der Waals surface area contributed by atoms with Gasteiger partial charge in [-0.05, 0) is 37.5 Å². The Bertz CT molecular complexity index is 324. The Morgan fingerprint density at radius 3 is 2.36 bits per heavy atom. The van der Waals surface area contributed by atoms with Crippen molar-refractivity contribution in [1.29, 1.82) is 0 Å². The second-order valence-corrected chi connectivity index (χ2v) is 3.95. The summed E-state index contributed by atoms with van der Waals surface area (Å²) in [6.07, 6.45) is 1.87. The van der Waals surface area contributed by atoms with E-state index in [1.54, 1.807) is 0 Å². The van der Waals surface area contributed by atoms with E-state index in [0.717, 1.165) is 5.56 Å². The minimum atomic E-state index is -0.275. The SMILES string of the molecule is Br.C=Cc1cccc(C(C)(C)N)c1C. The highest BCUT2D eigenvalue weighted by molar-refractivity contribution is 8.93. The van der Waals surface area contributed by atoms with Crippen molar-refractivity contribution in [3.05, 3.63) is 41.5 Å². The second kappa shape index (κ2) is 4.76. The van der Waals surface area contributed by atoms with Crippen LogP contribution in [0.15, 0.2) is 24.8 Å². The highest BCUT2D eigenvalue weighted by atomic mass is 79.9. The number of halogens is 1. The van der Waals surface area contributed by atoms with Crippen LogP contribution in [0, 0.1) is 6.92 Å². The zero-order valence-corrected chi connectivity index (χ0v) is 10.7. The Labute approximate surface area is 96.8 Å². The van der Waals surface area contributed by atoms with Crippen LogP contribution in [-0.4, -0.2) is 0 Å². The lowest BCUT2D eigenvalue weighted by atomic mass is 9.89. The van der Waals surface area contributed by atoms with Crippen LogP contribution in [0.25, 0.3) is 6.08 Å². The molecule has 0 aromatic heterocycles. The lowest BCUT2D eigenvalue weighted by Crippen LogP contribution is -2.29. The molecule has 0 radical (unpaired) electrons. The van der Waals surface area contributed by atoms with E-state index in [-0.39, 0.29) is 22.5 Å². The summed E-state index contributed by atoms with van der Waals surface area (Å²) in [5.41, 5.74) is 9.35. The Balaban J connectivity index is 0.00000169. The third kappa shape index (κ3) is 2.69. The molecule has 0 saturated heterocycles. The molecule has 0 aliphatic carbocycles. The highest BCUT2D eigenvalue weighted by Crippen LogP contribution is 2.23. The summed E-state index contributed by atoms with van der Waals surface area (Å²) in [7, 11) is 0. The van der Waals surface area contributed by atoms with Crippen molar-refractivity contribution in [3.8, 4) is 0 Å². The fourth-order valence-electron chi connectivity index (χ4n) is 1.57. The van der Waals surface area contributed by atoms with Crippen LogP contribution >= 0.6 is 17.0 Å². The van der Waals surface area contributed by atoms with Gasteiger partial charge in [0.2, 0.25) is 0 Å². The average Bonchev–Trinajstić information content (AvgIpc) is 2.02. The van der Waals surface area contributed by atoms with E-state index >= 15 is 0 Å². The molecular formula is C12H18BrN. The van der Waals surface area contributed by atoms with E-state index in [1.165, 1.54) is 11.1 Å². The molecule has 0 fully saturated rings. The smallest absolute Gasteiger partial charge is 0.0355 e. The lowest BCUT2D eigenvalue weighted by molar-refractivity contribution is 0.550. The van der Waals surface area contributed by atoms with Gasteiger partial charge in [-0.1, -0.05) is 30.9 Å². The van der Waals surface area contributed by atoms with E-state index < -0.39 is 0 Å². The monoisotopic (exact) mass is 255 g/mol. The van der Waals surface area contributed by atoms with Crippen molar-refractivity contribution in [2.24, 2.45) is 5.73 Å². The predicted octanol–water partition coefficient (Wildman–Crippen LogP) is 3.41. The van der Waals surface area contributed by atoms with Gasteiger partial charge in [0.15, 0.2) is 0 Å². The van der Waals surface area contributed by atoms with Gasteiger partial charge in [-0.25, -0.2) is 0 Å². The van der Waals surface area contributed by atoms with Gasteiger partial charge in [-0.3, -0.25) is 0 Å². The van der Waals surface area contributed by atoms with Gasteiger partial charge in [-0.15, -0.1) is 17.0 Å². The fraction of sp³-hybridized carbons (Fsp3) is 0.333. The number of rotatable bonds is 2. The molecule has 2 N–H and O–H groups in total. The molecule has 0 bridgehead atoms. The summed E-state index contributed by atoms with van der Waals surface area (Å²) in [4.78, 5) is 0. The Hall–Kier alpha value is -0.600. The molecule has 14 heavy (non-hydrogen) atoms. The van der Waals surface area contributed by atoms with Gasteiger partial charge < -0.3 is 5.73 Å². The molecule has 0 amide bonds. The molecule has 0 spiro atoms. The van der Waals surface area contributed by atoms with E-state index in [9.17, 15) is 0 Å². The normalized spacial score (nSPS) is 10.6. The summed E-state index contributed by atoms with van der Waals surface area (Å²) in [6, 6.07) is 6.15. The minimum Gasteiger partial charge on any atom is -0.322 e. The highest BCUT2D eigenvalue weighted by Gasteiger charge is 2.16. The van der Waals surface area contributed by atoms with Crippen LogP contribution in [-0.2, 0) is 5.54 Å². The minimum absolute atomic E-state index is 0. The van der Waals surface area contributed by atoms with Crippen LogP contribution in [0.3, 0.4) is 0 Å². The van der Waals surface area contributed by atoms with Crippen molar-refractivity contribution in [2.75, 3.05) is 0 Å². The van der Waals surface area contributed by atoms with Gasteiger partial charge in [-0.2, -0.15) is 0 Å². The number of benzene rings is 1. The summed E-state index contributed by atoms with van der Waals surface area (Å²) < 4.78 is 0. The molecule has 0 atom stereocenters. The lowest BCUT2D eigenvalue weighted by Gasteiger charge is -2.22. The zero-order valence-electron chi connectivity index (χ0n) is 9.00. The van der Waals surface area contributed by atoms with Gasteiger partial charge in [0.1, 0.15) is 0 Å². The molecule has 1 nitrogen and oxygen atoms in total. The summed E-state index contributed by atoms with van der Waals surface area (Å²) in [5, 5.41) is 0. The predicted molar refractivity (Wildman–Crippen MR) is 68.8 cm³/mol. The van der Waals surface area contributed by atoms with Gasteiger partial charge >= 0.3 is 0 Å². The molecular weight excluding hydrogens is 238 g/mol. The molecule has 0 saturated carbocycles. The summed E-state index contributed by atoms with van der Waals surface area (Å²) in [6.45, 7) is 9.89. The maximum Gasteiger partial charge on any atom is 0.0355 e. The molecule has 2 heteroatoms. The molecule has 78 valence electrons. The summed E-state index contributed by atoms with van der Waals surface area (Å²) in [5.74, 6) is 0. The van der Waals surface area contributed by atoms with Crippen molar-refractivity contribution in [3.63, 3.8) is 0 Å². The number of hydrogen-bond donors (Lipinski definition) is 1. The first-order chi connectivity index (χ1) is 5.96. The Morgan fingerprint density at radius 1 is 1.36 bits per heavy atom. The van der Waals surface area contributed by atoms with Crippen LogP contribution in [0.4, 0.5) is 0 Å². The standard InChI is InChI=1S/C12H17N.BrH/c1-5-10-7-6-8-11(9(10)2)12(3,4)13;/h5-8H,1,13H2,2-4H3;1H. The van der Waals surface area contributed by atoms with E-state index in [0.29, 0.717) is 0 Å². The average molecular weight is 256 g/mol. The van der Waals surface area contributed by atoms with Crippen molar-refractivity contribution >= 4 is 23.1 Å². The topological polar surface area (TPSA) is 26.0 Å². The van der Waals surface area contributed by atoms with Gasteiger partial charge in [0.25, 0.3) is 0 Å². The number of nitrogens with two attached hydrogens (primary N) is 1. The first kappa shape index (κ1) is 13.4. The molecule has 0 aliphatic heterocycles. The zero-order chi connectivity index (χ0) is 10.1. The fourth-order valence-corrected chi connectivity index (χ4v) is 1.57. The third-order valence-electron chi connectivity index (χ3n) is 2.29. The van der Waals surface area contributed by atoms with Crippen molar-refractivity contribution < 1.29 is 0 Å². The van der Waals surface area contributed by atoms with Gasteiger partial charge in [0, 0.05) is 5.54 Å². The molecule has 1 aromatic carbocycles. The first-order valence-electron chi connectivity index (χ1n) is 4.48. The Morgan fingerprint density at radius 2 is 1.93 bits per heavy atom. The second-order valence-electron chi connectivity index (χ2n) is 3.95. The van der Waals surface area contributed by atoms with Crippen LogP contribution in [0.5, 0.6) is 0 Å². The van der Waals surface area contributed by atoms with Crippen molar-refractivity contribution in [2.45, 2.75) is 26.3 Å². The van der Waals surface area contributed by atoms with Crippen molar-refractivity contribution in [1.82, 2.24) is 0 Å². The molecule has 0 unspecified atom stereocenters. The molecule has 0 aliphatic rings. The van der Waals surface area contributed by atoms with Crippen LogP contribution in [0.2, 0.25) is 0 Å². The largest absolute Gasteiger partial charge is 0.322 e. The van der Waals surface area contributed by atoms with E-state index in [4.69, 9.17) is 5.73 Å². The van der Waals surface area contributed by atoms with Gasteiger partial charge in [0.05, 0.1) is 0 Å². The summed E-state index contributed by atoms with van der Waals surface area (Å²) >= 11 is 0. The quantitative estimate of drug-likeness (QED) is 0.862. The van der Waals surface area contributed by atoms with Crippen LogP contribution in [0.1, 0.15) is 30.5 Å². The van der Waals surface area contributed by atoms with E-state index in [1.807, 2.05) is 26.0 Å². The molecule has 0 heterocycles. The maximum absolute atomic E-state index is 6.05. The van der Waals surface area contributed by atoms with E-state index in [2.05, 4.69) is 25.6 Å². The first-order valence-corrected chi connectivity index (χ1v) is 4.48. The number of hydrogen-bond acceptors (Lipinski definition) is 1.